The quantitative estimate of drug-likeness (QED) is 0.543. The molecule has 120 valence electrons. The summed E-state index contributed by atoms with van der Waals surface area (Å²) in [4.78, 5) is 18.9. The lowest BCUT2D eigenvalue weighted by Crippen LogP contribution is -2.48. The smallest absolute Gasteiger partial charge is 0.332 e. The fraction of sp³-hybridized carbons (Fsp3) is 0.400. The number of pyridine rings is 1. The maximum atomic E-state index is 12.1. The highest BCUT2D eigenvalue weighted by molar-refractivity contribution is 5.90. The van der Waals surface area contributed by atoms with E-state index < -0.39 is 5.60 Å². The number of aromatic nitrogens is 1. The van der Waals surface area contributed by atoms with Gasteiger partial charge in [-0.3, -0.25) is 4.90 Å². The molecule has 4 heterocycles. The van der Waals surface area contributed by atoms with Gasteiger partial charge in [-0.05, 0) is 37.4 Å². The second-order valence-electron chi connectivity index (χ2n) is 6.93. The molecule has 4 aliphatic rings. The van der Waals surface area contributed by atoms with Crippen molar-refractivity contribution in [1.29, 1.82) is 0 Å². The van der Waals surface area contributed by atoms with Gasteiger partial charge in [0.15, 0.2) is 5.60 Å². The lowest BCUT2D eigenvalue weighted by atomic mass is 9.77. The fourth-order valence-electron chi connectivity index (χ4n) is 4.74. The Bertz CT molecular complexity index is 830. The molecule has 3 unspecified atom stereocenters. The number of nitrogens with zero attached hydrogens (tertiary/aromatic N) is 2. The number of esters is 1. The highest BCUT2D eigenvalue weighted by Crippen LogP contribution is 2.53. The maximum Gasteiger partial charge on any atom is 0.332 e. The second-order valence-corrected chi connectivity index (χ2v) is 6.93. The first-order valence-corrected chi connectivity index (χ1v) is 8.62. The molecule has 0 saturated carbocycles. The van der Waals surface area contributed by atoms with Crippen molar-refractivity contribution in [2.75, 3.05) is 6.54 Å². The predicted octanol–water partition coefficient (Wildman–Crippen LogP) is 2.22. The second kappa shape index (κ2) is 5.06. The molecule has 24 heavy (non-hydrogen) atoms. The molecule has 2 fully saturated rings. The Balaban J connectivity index is 1.58. The van der Waals surface area contributed by atoms with E-state index in [9.17, 15) is 4.79 Å². The molecule has 0 N–H and O–H groups in total. The van der Waals surface area contributed by atoms with E-state index in [-0.39, 0.29) is 5.97 Å². The average molecular weight is 318 g/mol. The molecule has 2 saturated heterocycles. The Morgan fingerprint density at radius 2 is 2.25 bits per heavy atom. The van der Waals surface area contributed by atoms with Crippen LogP contribution < -0.4 is 0 Å². The SMILES string of the molecule is O=C1C=C2C(C#Cc3ccccn3)=CC3CC2(O1)C1CCCCN31. The van der Waals surface area contributed by atoms with Crippen LogP contribution in [0.1, 0.15) is 31.4 Å². The van der Waals surface area contributed by atoms with Gasteiger partial charge in [0.2, 0.25) is 0 Å². The van der Waals surface area contributed by atoms with Crippen LogP contribution in [0.4, 0.5) is 0 Å². The highest BCUT2D eigenvalue weighted by atomic mass is 16.6. The van der Waals surface area contributed by atoms with E-state index in [0.717, 1.165) is 36.2 Å². The van der Waals surface area contributed by atoms with Crippen LogP contribution in [0.15, 0.2) is 47.7 Å². The molecule has 3 atom stereocenters. The van der Waals surface area contributed by atoms with Gasteiger partial charge in [-0.15, -0.1) is 0 Å². The van der Waals surface area contributed by atoms with Crippen molar-refractivity contribution in [2.24, 2.45) is 0 Å². The number of carbonyl (C=O) groups is 1. The molecule has 3 aliphatic heterocycles. The predicted molar refractivity (Wildman–Crippen MR) is 88.9 cm³/mol. The van der Waals surface area contributed by atoms with Gasteiger partial charge in [0.25, 0.3) is 0 Å². The van der Waals surface area contributed by atoms with E-state index in [0.29, 0.717) is 12.1 Å². The van der Waals surface area contributed by atoms with Gasteiger partial charge >= 0.3 is 5.97 Å². The van der Waals surface area contributed by atoms with Gasteiger partial charge in [0.1, 0.15) is 5.69 Å². The third-order valence-electron chi connectivity index (χ3n) is 5.66. The van der Waals surface area contributed by atoms with E-state index in [1.807, 2.05) is 18.2 Å². The normalized spacial score (nSPS) is 33.6. The molecule has 2 bridgehead atoms. The summed E-state index contributed by atoms with van der Waals surface area (Å²) in [6.07, 6.45) is 10.0. The Hall–Kier alpha value is -2.38. The van der Waals surface area contributed by atoms with E-state index in [4.69, 9.17) is 4.74 Å². The van der Waals surface area contributed by atoms with Crippen molar-refractivity contribution in [3.05, 3.63) is 53.4 Å². The molecule has 0 aromatic carbocycles. The largest absolute Gasteiger partial charge is 0.449 e. The summed E-state index contributed by atoms with van der Waals surface area (Å²) in [6.45, 7) is 1.08. The zero-order valence-electron chi connectivity index (χ0n) is 13.4. The van der Waals surface area contributed by atoms with Crippen LogP contribution in [0.5, 0.6) is 0 Å². The third-order valence-corrected chi connectivity index (χ3v) is 5.66. The molecular weight excluding hydrogens is 300 g/mol. The number of piperidine rings is 1. The minimum Gasteiger partial charge on any atom is -0.449 e. The standard InChI is InChI=1S/C20H18N2O2/c23-19-12-17-14(7-8-15-5-1-3-9-21-15)11-16-13-20(17,24-19)18-6-2-4-10-22(16)18/h1,3,5,9,11-12,16,18H,2,4,6,10,13H2. The van der Waals surface area contributed by atoms with Gasteiger partial charge in [0, 0.05) is 35.9 Å². The van der Waals surface area contributed by atoms with Crippen LogP contribution in [0.3, 0.4) is 0 Å². The summed E-state index contributed by atoms with van der Waals surface area (Å²) in [5.74, 6) is 6.17. The fourth-order valence-corrected chi connectivity index (χ4v) is 4.74. The molecule has 5 rings (SSSR count). The zero-order chi connectivity index (χ0) is 16.1. The number of rotatable bonds is 0. The summed E-state index contributed by atoms with van der Waals surface area (Å²) in [5.41, 5.74) is 2.21. The Labute approximate surface area is 141 Å². The van der Waals surface area contributed by atoms with E-state index >= 15 is 0 Å². The average Bonchev–Trinajstić information content (AvgIpc) is 3.09. The molecule has 4 nitrogen and oxygen atoms in total. The van der Waals surface area contributed by atoms with Gasteiger partial charge in [-0.2, -0.15) is 0 Å². The molecular formula is C20H18N2O2. The topological polar surface area (TPSA) is 42.4 Å². The van der Waals surface area contributed by atoms with Crippen LogP contribution in [0.25, 0.3) is 0 Å². The Morgan fingerprint density at radius 1 is 1.29 bits per heavy atom. The minimum absolute atomic E-state index is 0.219. The Kier molecular flexibility index (Phi) is 2.95. The molecule has 0 amide bonds. The minimum atomic E-state index is -0.467. The monoisotopic (exact) mass is 318 g/mol. The third kappa shape index (κ3) is 1.91. The summed E-state index contributed by atoms with van der Waals surface area (Å²) in [5, 5.41) is 0. The molecule has 1 aliphatic carbocycles. The summed E-state index contributed by atoms with van der Waals surface area (Å²) in [7, 11) is 0. The van der Waals surface area contributed by atoms with E-state index in [1.165, 1.54) is 12.8 Å². The van der Waals surface area contributed by atoms with Crippen molar-refractivity contribution in [3.63, 3.8) is 0 Å². The number of hydrogen-bond acceptors (Lipinski definition) is 4. The number of ether oxygens (including phenoxy) is 1. The molecule has 1 aromatic heterocycles. The van der Waals surface area contributed by atoms with E-state index in [1.54, 1.807) is 12.3 Å². The van der Waals surface area contributed by atoms with Crippen molar-refractivity contribution in [2.45, 2.75) is 43.4 Å². The van der Waals surface area contributed by atoms with Crippen molar-refractivity contribution < 1.29 is 9.53 Å². The van der Waals surface area contributed by atoms with Gasteiger partial charge in [-0.25, -0.2) is 9.78 Å². The van der Waals surface area contributed by atoms with Crippen molar-refractivity contribution in [1.82, 2.24) is 9.88 Å². The molecule has 1 spiro atoms. The molecule has 4 heteroatoms. The molecule has 1 aromatic rings. The number of carbonyl (C=O) groups excluding carboxylic acids is 1. The lowest BCUT2D eigenvalue weighted by Gasteiger charge is -2.38. The van der Waals surface area contributed by atoms with Crippen molar-refractivity contribution >= 4 is 5.97 Å². The van der Waals surface area contributed by atoms with Crippen LogP contribution in [-0.2, 0) is 9.53 Å². The van der Waals surface area contributed by atoms with Crippen LogP contribution in [0, 0.1) is 11.8 Å². The number of hydrogen-bond donors (Lipinski definition) is 0. The van der Waals surface area contributed by atoms with E-state index in [2.05, 4.69) is 27.8 Å². The highest BCUT2D eigenvalue weighted by Gasteiger charge is 2.61. The van der Waals surface area contributed by atoms with Crippen LogP contribution in [-0.4, -0.2) is 40.1 Å². The van der Waals surface area contributed by atoms with Gasteiger partial charge in [0.05, 0.1) is 6.04 Å². The van der Waals surface area contributed by atoms with Gasteiger partial charge < -0.3 is 4.74 Å². The molecule has 0 radical (unpaired) electrons. The van der Waals surface area contributed by atoms with Crippen LogP contribution >= 0.6 is 0 Å². The summed E-state index contributed by atoms with van der Waals surface area (Å²) < 4.78 is 5.90. The van der Waals surface area contributed by atoms with Crippen LogP contribution in [0.2, 0.25) is 0 Å². The number of fused-ring (bicyclic) bond motifs is 3. The maximum absolute atomic E-state index is 12.1. The first-order valence-electron chi connectivity index (χ1n) is 8.62. The summed E-state index contributed by atoms with van der Waals surface area (Å²) in [6, 6.07) is 6.34. The van der Waals surface area contributed by atoms with Gasteiger partial charge in [-0.1, -0.05) is 24.5 Å². The first kappa shape index (κ1) is 14.0. The van der Waals surface area contributed by atoms with Crippen molar-refractivity contribution in [3.8, 4) is 11.8 Å². The first-order chi connectivity index (χ1) is 11.8. The Morgan fingerprint density at radius 3 is 3.12 bits per heavy atom. The zero-order valence-corrected chi connectivity index (χ0v) is 13.4. The summed E-state index contributed by atoms with van der Waals surface area (Å²) >= 11 is 0. The lowest BCUT2D eigenvalue weighted by molar-refractivity contribution is -0.148.